The van der Waals surface area contributed by atoms with Gasteiger partial charge < -0.3 is 0 Å². The Morgan fingerprint density at radius 3 is 2.87 bits per heavy atom. The number of nitriles is 1. The minimum atomic E-state index is 0.503. The fourth-order valence-corrected chi connectivity index (χ4v) is 5.66. The number of hydrogen-bond acceptors (Lipinski definition) is 1. The van der Waals surface area contributed by atoms with Crippen LogP contribution in [0.4, 0.5) is 0 Å². The van der Waals surface area contributed by atoms with E-state index in [9.17, 15) is 0 Å². The fraction of sp³-hybridized carbons (Fsp3) is 0.250. The summed E-state index contributed by atoms with van der Waals surface area (Å²) in [5.41, 5.74) is 0. The molecule has 0 aliphatic heterocycles. The van der Waals surface area contributed by atoms with E-state index in [2.05, 4.69) is 52.9 Å². The molecule has 3 heteroatoms. The van der Waals surface area contributed by atoms with Gasteiger partial charge in [-0.15, -0.1) is 0 Å². The summed E-state index contributed by atoms with van der Waals surface area (Å²) in [6, 6.07) is 10.9. The summed E-state index contributed by atoms with van der Waals surface area (Å²) in [7, 11) is 0. The fourth-order valence-electron chi connectivity index (χ4n) is 1.55. The molecule has 0 saturated heterocycles. The number of halogens is 1. The number of unbranched alkanes of at least 4 members (excludes halogenated alkanes) is 1. The third-order valence-electron chi connectivity index (χ3n) is 2.29. The normalized spacial score (nSPS) is 10.4. The standard InChI is InChI=1S/C12H10INSe/c13-12-9-5-1-2-6-10(9)15-11(12)7-3-4-8-14/h1-2,5-6H,3-4,7H2. The number of benzene rings is 1. The number of rotatable bonds is 3. The zero-order valence-corrected chi connectivity index (χ0v) is 12.0. The molecule has 0 aliphatic rings. The van der Waals surface area contributed by atoms with Gasteiger partial charge in [0, 0.05) is 0 Å². The van der Waals surface area contributed by atoms with Crippen LogP contribution in [0.5, 0.6) is 0 Å². The van der Waals surface area contributed by atoms with Crippen LogP contribution >= 0.6 is 22.6 Å². The summed E-state index contributed by atoms with van der Waals surface area (Å²) in [5, 5.41) is 9.94. The summed E-state index contributed by atoms with van der Waals surface area (Å²) >= 11 is 2.95. The number of fused-ring (bicyclic) bond motifs is 1. The van der Waals surface area contributed by atoms with Crippen molar-refractivity contribution < 1.29 is 0 Å². The van der Waals surface area contributed by atoms with E-state index in [1.165, 1.54) is 13.2 Å². The predicted octanol–water partition coefficient (Wildman–Crippen LogP) is 3.35. The summed E-state index contributed by atoms with van der Waals surface area (Å²) in [6.07, 6.45) is 2.79. The first-order valence-corrected chi connectivity index (χ1v) is 7.65. The average Bonchev–Trinajstić information content (AvgIpc) is 2.57. The molecule has 0 unspecified atom stereocenters. The van der Waals surface area contributed by atoms with E-state index in [1.54, 1.807) is 4.44 Å². The molecule has 0 radical (unpaired) electrons. The SMILES string of the molecule is N#CCCCc1[se]c2ccccc2c1I. The average molecular weight is 374 g/mol. The first-order valence-electron chi connectivity index (χ1n) is 4.86. The van der Waals surface area contributed by atoms with Gasteiger partial charge in [0.2, 0.25) is 0 Å². The summed E-state index contributed by atoms with van der Waals surface area (Å²) in [5.74, 6) is 0. The Bertz CT molecular complexity index is 510. The van der Waals surface area contributed by atoms with Gasteiger partial charge in [-0.1, -0.05) is 0 Å². The van der Waals surface area contributed by atoms with Crippen molar-refractivity contribution in [1.29, 1.82) is 5.26 Å². The second kappa shape index (κ2) is 5.16. The van der Waals surface area contributed by atoms with Crippen molar-refractivity contribution in [2.75, 3.05) is 0 Å². The molecule has 15 heavy (non-hydrogen) atoms. The minimum absolute atomic E-state index is 0.503. The molecule has 76 valence electrons. The molecule has 2 aromatic rings. The van der Waals surface area contributed by atoms with Crippen molar-refractivity contribution in [3.8, 4) is 6.07 Å². The first kappa shape index (κ1) is 11.2. The summed E-state index contributed by atoms with van der Waals surface area (Å²) in [6.45, 7) is 0. The molecule has 0 spiro atoms. The molecule has 0 amide bonds. The number of aryl methyl sites for hydroxylation is 1. The van der Waals surface area contributed by atoms with Crippen molar-refractivity contribution >= 4 is 46.7 Å². The zero-order valence-electron chi connectivity index (χ0n) is 8.16. The van der Waals surface area contributed by atoms with E-state index in [1.807, 2.05) is 0 Å². The van der Waals surface area contributed by atoms with Crippen molar-refractivity contribution in [1.82, 2.24) is 0 Å². The molecule has 1 aromatic carbocycles. The van der Waals surface area contributed by atoms with Crippen LogP contribution in [0, 0.1) is 14.9 Å². The van der Waals surface area contributed by atoms with E-state index in [-0.39, 0.29) is 0 Å². The monoisotopic (exact) mass is 375 g/mol. The van der Waals surface area contributed by atoms with Crippen LogP contribution in [-0.2, 0) is 6.42 Å². The quantitative estimate of drug-likeness (QED) is 0.459. The van der Waals surface area contributed by atoms with E-state index in [0.29, 0.717) is 20.9 Å². The van der Waals surface area contributed by atoms with Crippen LogP contribution < -0.4 is 0 Å². The van der Waals surface area contributed by atoms with Crippen molar-refractivity contribution in [2.45, 2.75) is 19.3 Å². The van der Waals surface area contributed by atoms with Crippen LogP contribution in [0.15, 0.2) is 24.3 Å². The summed E-state index contributed by atoms with van der Waals surface area (Å²) in [4.78, 5) is 0. The molecule has 0 atom stereocenters. The van der Waals surface area contributed by atoms with Gasteiger partial charge in [-0.25, -0.2) is 0 Å². The molecule has 0 aliphatic carbocycles. The zero-order chi connectivity index (χ0) is 10.7. The van der Waals surface area contributed by atoms with E-state index >= 15 is 0 Å². The number of nitrogens with zero attached hydrogens (tertiary/aromatic N) is 1. The molecule has 0 bridgehead atoms. The van der Waals surface area contributed by atoms with Crippen LogP contribution in [-0.4, -0.2) is 14.5 Å². The number of hydrogen-bond donors (Lipinski definition) is 0. The van der Waals surface area contributed by atoms with Gasteiger partial charge in [0.1, 0.15) is 0 Å². The van der Waals surface area contributed by atoms with E-state index in [0.717, 1.165) is 12.8 Å². The second-order valence-electron chi connectivity index (χ2n) is 3.35. The Morgan fingerprint density at radius 1 is 1.33 bits per heavy atom. The van der Waals surface area contributed by atoms with Crippen molar-refractivity contribution in [3.63, 3.8) is 0 Å². The molecule has 0 N–H and O–H groups in total. The van der Waals surface area contributed by atoms with Gasteiger partial charge >= 0.3 is 110 Å². The predicted molar refractivity (Wildman–Crippen MR) is 72.2 cm³/mol. The van der Waals surface area contributed by atoms with Gasteiger partial charge in [0.05, 0.1) is 0 Å². The van der Waals surface area contributed by atoms with Gasteiger partial charge in [-0.05, 0) is 0 Å². The first-order chi connectivity index (χ1) is 7.33. The van der Waals surface area contributed by atoms with Crippen LogP contribution in [0.1, 0.15) is 17.3 Å². The van der Waals surface area contributed by atoms with Crippen LogP contribution in [0.25, 0.3) is 9.65 Å². The Kier molecular flexibility index (Phi) is 3.85. The van der Waals surface area contributed by atoms with E-state index < -0.39 is 0 Å². The van der Waals surface area contributed by atoms with Crippen molar-refractivity contribution in [3.05, 3.63) is 32.3 Å². The maximum atomic E-state index is 8.52. The van der Waals surface area contributed by atoms with Crippen LogP contribution in [0.3, 0.4) is 0 Å². The molecule has 0 saturated carbocycles. The van der Waals surface area contributed by atoms with Gasteiger partial charge in [-0.2, -0.15) is 0 Å². The van der Waals surface area contributed by atoms with Crippen molar-refractivity contribution in [2.24, 2.45) is 0 Å². The van der Waals surface area contributed by atoms with Crippen LogP contribution in [0.2, 0.25) is 0 Å². The molecular weight excluding hydrogens is 364 g/mol. The Balaban J connectivity index is 2.29. The van der Waals surface area contributed by atoms with E-state index in [4.69, 9.17) is 5.26 Å². The molecule has 2 rings (SSSR count). The van der Waals surface area contributed by atoms with Gasteiger partial charge in [0.15, 0.2) is 0 Å². The third-order valence-corrected chi connectivity index (χ3v) is 6.93. The second-order valence-corrected chi connectivity index (χ2v) is 6.81. The Hall–Kier alpha value is -0.301. The van der Waals surface area contributed by atoms with Gasteiger partial charge in [-0.3, -0.25) is 0 Å². The Morgan fingerprint density at radius 2 is 2.13 bits per heavy atom. The topological polar surface area (TPSA) is 23.8 Å². The molecule has 1 heterocycles. The Labute approximate surface area is 109 Å². The third kappa shape index (κ3) is 2.44. The van der Waals surface area contributed by atoms with Gasteiger partial charge in [0.25, 0.3) is 0 Å². The molecule has 1 aromatic heterocycles. The maximum absolute atomic E-state index is 8.52. The summed E-state index contributed by atoms with van der Waals surface area (Å²) < 4.78 is 4.50. The molecule has 1 nitrogen and oxygen atoms in total. The molecular formula is C12H10INSe. The molecule has 0 fully saturated rings.